The van der Waals surface area contributed by atoms with E-state index in [0.717, 1.165) is 11.5 Å². The first-order valence-electron chi connectivity index (χ1n) is 5.34. The van der Waals surface area contributed by atoms with E-state index in [9.17, 15) is 0 Å². The molecular formula is C11H10N6S. The molecular weight excluding hydrogens is 248 g/mol. The lowest BCUT2D eigenvalue weighted by molar-refractivity contribution is 0.750. The van der Waals surface area contributed by atoms with Gasteiger partial charge in [0.15, 0.2) is 11.6 Å². The number of H-pyrrole nitrogens is 1. The van der Waals surface area contributed by atoms with Crippen LogP contribution in [0.2, 0.25) is 0 Å². The van der Waals surface area contributed by atoms with Crippen molar-refractivity contribution < 1.29 is 0 Å². The SMILES string of the molecule is Cn1ccc(-n2c(-c3ccccn3)n[nH]c2=S)n1. The second-order valence-corrected chi connectivity index (χ2v) is 4.14. The van der Waals surface area contributed by atoms with E-state index >= 15 is 0 Å². The van der Waals surface area contributed by atoms with Crippen molar-refractivity contribution in [3.8, 4) is 17.3 Å². The zero-order chi connectivity index (χ0) is 12.5. The minimum atomic E-state index is 0.495. The number of rotatable bonds is 2. The molecule has 0 aliphatic heterocycles. The maximum absolute atomic E-state index is 5.23. The molecule has 0 amide bonds. The number of nitrogens with one attached hydrogen (secondary N) is 1. The van der Waals surface area contributed by atoms with Gasteiger partial charge in [-0.05, 0) is 24.4 Å². The van der Waals surface area contributed by atoms with E-state index in [1.54, 1.807) is 15.4 Å². The average Bonchev–Trinajstić information content (AvgIpc) is 2.96. The van der Waals surface area contributed by atoms with Crippen LogP contribution >= 0.6 is 12.2 Å². The van der Waals surface area contributed by atoms with Gasteiger partial charge in [0.25, 0.3) is 0 Å². The summed E-state index contributed by atoms with van der Waals surface area (Å²) < 4.78 is 3.97. The molecule has 0 spiro atoms. The Hall–Kier alpha value is -2.28. The van der Waals surface area contributed by atoms with Crippen LogP contribution in [0.5, 0.6) is 0 Å². The lowest BCUT2D eigenvalue weighted by atomic mass is 10.3. The van der Waals surface area contributed by atoms with Gasteiger partial charge < -0.3 is 0 Å². The Kier molecular flexibility index (Phi) is 2.52. The van der Waals surface area contributed by atoms with Crippen molar-refractivity contribution in [3.63, 3.8) is 0 Å². The molecule has 0 unspecified atom stereocenters. The summed E-state index contributed by atoms with van der Waals surface area (Å²) in [5, 5.41) is 11.3. The van der Waals surface area contributed by atoms with Gasteiger partial charge in [-0.1, -0.05) is 6.07 Å². The third kappa shape index (κ3) is 1.74. The number of aromatic amines is 1. The van der Waals surface area contributed by atoms with Gasteiger partial charge in [-0.3, -0.25) is 14.8 Å². The molecule has 3 heterocycles. The molecule has 7 heteroatoms. The second kappa shape index (κ2) is 4.19. The van der Waals surface area contributed by atoms with Crippen LogP contribution in [0.15, 0.2) is 36.7 Å². The van der Waals surface area contributed by atoms with Crippen LogP contribution in [0, 0.1) is 4.77 Å². The molecule has 3 rings (SSSR count). The van der Waals surface area contributed by atoms with Crippen LogP contribution in [-0.2, 0) is 7.05 Å². The predicted molar refractivity (Wildman–Crippen MR) is 68.7 cm³/mol. The smallest absolute Gasteiger partial charge is 0.201 e. The molecule has 0 saturated heterocycles. The van der Waals surface area contributed by atoms with Crippen molar-refractivity contribution in [2.45, 2.75) is 0 Å². The third-order valence-corrected chi connectivity index (χ3v) is 2.77. The van der Waals surface area contributed by atoms with Crippen molar-refractivity contribution in [2.75, 3.05) is 0 Å². The average molecular weight is 258 g/mol. The third-order valence-electron chi connectivity index (χ3n) is 2.49. The molecule has 0 aromatic carbocycles. The van der Waals surface area contributed by atoms with Gasteiger partial charge in [0.1, 0.15) is 5.69 Å². The van der Waals surface area contributed by atoms with E-state index in [-0.39, 0.29) is 0 Å². The van der Waals surface area contributed by atoms with Gasteiger partial charge in [0.05, 0.1) is 0 Å². The minimum Gasteiger partial charge on any atom is -0.274 e. The molecule has 0 fully saturated rings. The molecule has 1 N–H and O–H groups in total. The molecule has 0 aliphatic rings. The van der Waals surface area contributed by atoms with E-state index < -0.39 is 0 Å². The van der Waals surface area contributed by atoms with E-state index in [0.29, 0.717) is 10.6 Å². The van der Waals surface area contributed by atoms with Crippen LogP contribution in [-0.4, -0.2) is 29.5 Å². The molecule has 0 aliphatic carbocycles. The topological polar surface area (TPSA) is 64.3 Å². The van der Waals surface area contributed by atoms with Crippen LogP contribution in [0.4, 0.5) is 0 Å². The highest BCUT2D eigenvalue weighted by Gasteiger charge is 2.12. The Balaban J connectivity index is 2.22. The van der Waals surface area contributed by atoms with Crippen LogP contribution in [0.3, 0.4) is 0 Å². The Morgan fingerprint density at radius 3 is 2.83 bits per heavy atom. The molecule has 0 atom stereocenters. The largest absolute Gasteiger partial charge is 0.274 e. The molecule has 0 radical (unpaired) electrons. The van der Waals surface area contributed by atoms with Crippen LogP contribution < -0.4 is 0 Å². The summed E-state index contributed by atoms with van der Waals surface area (Å²) in [6.07, 6.45) is 3.57. The molecule has 6 nitrogen and oxygen atoms in total. The van der Waals surface area contributed by atoms with E-state index in [1.807, 2.05) is 37.5 Å². The quantitative estimate of drug-likeness (QED) is 0.711. The highest BCUT2D eigenvalue weighted by Crippen LogP contribution is 2.17. The first-order valence-corrected chi connectivity index (χ1v) is 5.75. The summed E-state index contributed by atoms with van der Waals surface area (Å²) in [4.78, 5) is 4.27. The fourth-order valence-electron chi connectivity index (χ4n) is 1.70. The standard InChI is InChI=1S/C11H10N6S/c1-16-7-5-9(15-16)17-10(13-14-11(17)18)8-4-2-3-6-12-8/h2-7H,1H3,(H,14,18). The van der Waals surface area contributed by atoms with Crippen molar-refractivity contribution in [2.24, 2.45) is 7.05 Å². The van der Waals surface area contributed by atoms with Crippen LogP contribution in [0.25, 0.3) is 17.3 Å². The Morgan fingerprint density at radius 1 is 1.28 bits per heavy atom. The summed E-state index contributed by atoms with van der Waals surface area (Å²) in [5.41, 5.74) is 0.746. The number of aromatic nitrogens is 6. The van der Waals surface area contributed by atoms with E-state index in [2.05, 4.69) is 20.3 Å². The Labute approximate surface area is 108 Å². The summed E-state index contributed by atoms with van der Waals surface area (Å²) in [5.74, 6) is 1.37. The molecule has 0 bridgehead atoms. The van der Waals surface area contributed by atoms with Gasteiger partial charge in [-0.15, -0.1) is 0 Å². The molecule has 90 valence electrons. The second-order valence-electron chi connectivity index (χ2n) is 3.75. The van der Waals surface area contributed by atoms with Gasteiger partial charge in [-0.25, -0.2) is 4.57 Å². The van der Waals surface area contributed by atoms with Crippen molar-refractivity contribution in [1.82, 2.24) is 29.5 Å². The molecule has 0 saturated carbocycles. The monoisotopic (exact) mass is 258 g/mol. The summed E-state index contributed by atoms with van der Waals surface area (Å²) in [6.45, 7) is 0. The van der Waals surface area contributed by atoms with E-state index in [1.165, 1.54) is 0 Å². The first kappa shape index (κ1) is 10.8. The highest BCUT2D eigenvalue weighted by molar-refractivity contribution is 7.71. The van der Waals surface area contributed by atoms with Gasteiger partial charge in [0.2, 0.25) is 4.77 Å². The van der Waals surface area contributed by atoms with Crippen molar-refractivity contribution in [3.05, 3.63) is 41.4 Å². The number of aryl methyl sites for hydroxylation is 1. The normalized spacial score (nSPS) is 10.7. The fraction of sp³-hybridized carbons (Fsp3) is 0.0909. The van der Waals surface area contributed by atoms with Crippen molar-refractivity contribution in [1.29, 1.82) is 0 Å². The first-order chi connectivity index (χ1) is 8.75. The van der Waals surface area contributed by atoms with E-state index in [4.69, 9.17) is 12.2 Å². The Bertz CT molecular complexity index is 723. The summed E-state index contributed by atoms with van der Waals surface area (Å²) in [6, 6.07) is 7.51. The summed E-state index contributed by atoms with van der Waals surface area (Å²) in [7, 11) is 1.85. The summed E-state index contributed by atoms with van der Waals surface area (Å²) >= 11 is 5.23. The lowest BCUT2D eigenvalue weighted by Gasteiger charge is -2.02. The van der Waals surface area contributed by atoms with Crippen LogP contribution in [0.1, 0.15) is 0 Å². The minimum absolute atomic E-state index is 0.495. The highest BCUT2D eigenvalue weighted by atomic mass is 32.1. The maximum atomic E-state index is 5.23. The maximum Gasteiger partial charge on any atom is 0.201 e. The number of hydrogen-bond donors (Lipinski definition) is 1. The van der Waals surface area contributed by atoms with Gasteiger partial charge >= 0.3 is 0 Å². The van der Waals surface area contributed by atoms with Gasteiger partial charge in [0, 0.05) is 25.5 Å². The number of nitrogens with zero attached hydrogens (tertiary/aromatic N) is 5. The molecule has 3 aromatic heterocycles. The van der Waals surface area contributed by atoms with Crippen molar-refractivity contribution >= 4 is 12.2 Å². The molecule has 3 aromatic rings. The van der Waals surface area contributed by atoms with Gasteiger partial charge in [-0.2, -0.15) is 10.2 Å². The zero-order valence-corrected chi connectivity index (χ0v) is 10.4. The lowest BCUT2D eigenvalue weighted by Crippen LogP contribution is -2.00. The molecule has 18 heavy (non-hydrogen) atoms. The number of hydrogen-bond acceptors (Lipinski definition) is 4. The fourth-order valence-corrected chi connectivity index (χ4v) is 1.92. The zero-order valence-electron chi connectivity index (χ0n) is 9.61. The number of pyridine rings is 1. The predicted octanol–water partition coefficient (Wildman–Crippen LogP) is 1.73. The Morgan fingerprint density at radius 2 is 2.17 bits per heavy atom.